The molecule has 0 aliphatic heterocycles. The van der Waals surface area contributed by atoms with E-state index in [-0.39, 0.29) is 12.6 Å². The molecule has 22 heavy (non-hydrogen) atoms. The zero-order valence-corrected chi connectivity index (χ0v) is 11.5. The number of aliphatic hydroxyl groups is 9. The average molecular weight is 330 g/mol. The van der Waals surface area contributed by atoms with E-state index in [0.717, 1.165) is 0 Å². The first-order valence-electron chi connectivity index (χ1n) is 6.06. The predicted octanol–water partition coefficient (Wildman–Crippen LogP) is -6.12. The highest BCUT2D eigenvalue weighted by molar-refractivity contribution is 5.57. The highest BCUT2D eigenvalue weighted by Crippen LogP contribution is 2.03. The number of carbonyl (C=O) groups is 2. The highest BCUT2D eigenvalue weighted by Gasteiger charge is 2.29. The second-order valence-electron chi connectivity index (χ2n) is 4.22. The second-order valence-corrected chi connectivity index (χ2v) is 4.22. The Morgan fingerprint density at radius 3 is 1.23 bits per heavy atom. The van der Waals surface area contributed by atoms with Gasteiger partial charge in [-0.15, -0.1) is 0 Å². The van der Waals surface area contributed by atoms with Gasteiger partial charge in [-0.05, 0) is 0 Å². The second kappa shape index (κ2) is 12.5. The van der Waals surface area contributed by atoms with Gasteiger partial charge in [-0.2, -0.15) is 0 Å². The minimum atomic E-state index is -1.79. The van der Waals surface area contributed by atoms with Gasteiger partial charge < -0.3 is 55.5 Å². The average Bonchev–Trinajstić information content (AvgIpc) is 2.56. The maximum Gasteiger partial charge on any atom is 0.151 e. The fraction of sp³-hybridized carbons (Fsp3) is 0.818. The van der Waals surface area contributed by atoms with E-state index < -0.39 is 55.9 Å². The van der Waals surface area contributed by atoms with Gasteiger partial charge in [-0.25, -0.2) is 0 Å². The molecule has 0 saturated carbocycles. The zero-order chi connectivity index (χ0) is 17.9. The molecule has 0 heterocycles. The van der Waals surface area contributed by atoms with Gasteiger partial charge in [0.25, 0.3) is 0 Å². The molecule has 0 bridgehead atoms. The first-order chi connectivity index (χ1) is 10.2. The predicted molar refractivity (Wildman–Crippen MR) is 68.3 cm³/mol. The van der Waals surface area contributed by atoms with Crippen molar-refractivity contribution in [3.05, 3.63) is 0 Å². The smallest absolute Gasteiger partial charge is 0.151 e. The molecule has 0 aliphatic rings. The van der Waals surface area contributed by atoms with Gasteiger partial charge in [0.15, 0.2) is 12.6 Å². The van der Waals surface area contributed by atoms with E-state index >= 15 is 0 Å². The number of carbonyl (C=O) groups excluding carboxylic acids is 2. The van der Waals surface area contributed by atoms with Crippen LogP contribution in [0.1, 0.15) is 0 Å². The molecular weight excluding hydrogens is 308 g/mol. The maximum absolute atomic E-state index is 9.90. The van der Waals surface area contributed by atoms with Crippen LogP contribution in [0.4, 0.5) is 0 Å². The molecule has 0 spiro atoms. The summed E-state index contributed by atoms with van der Waals surface area (Å²) >= 11 is 0. The summed E-state index contributed by atoms with van der Waals surface area (Å²) < 4.78 is 0. The lowest BCUT2D eigenvalue weighted by Gasteiger charge is -2.22. The van der Waals surface area contributed by atoms with Crippen LogP contribution in [0.25, 0.3) is 0 Å². The maximum atomic E-state index is 9.90. The number of hydrogen-bond donors (Lipinski definition) is 9. The van der Waals surface area contributed by atoms with E-state index in [4.69, 9.17) is 46.0 Å². The van der Waals surface area contributed by atoms with Crippen molar-refractivity contribution in [3.63, 3.8) is 0 Å². The van der Waals surface area contributed by atoms with Gasteiger partial charge in [0.2, 0.25) is 0 Å². The van der Waals surface area contributed by atoms with Crippen molar-refractivity contribution in [2.45, 2.75) is 42.7 Å². The Balaban J connectivity index is 0. The lowest BCUT2D eigenvalue weighted by molar-refractivity contribution is -0.136. The molecule has 9 N–H and O–H groups in total. The Hall–Kier alpha value is -1.02. The first kappa shape index (κ1) is 23.2. The summed E-state index contributed by atoms with van der Waals surface area (Å²) in [4.78, 5) is 19.7. The van der Waals surface area contributed by atoms with E-state index in [1.165, 1.54) is 0 Å². The third kappa shape index (κ3) is 8.43. The van der Waals surface area contributed by atoms with Crippen molar-refractivity contribution >= 4 is 12.6 Å². The lowest BCUT2D eigenvalue weighted by atomic mass is 10.0. The number of rotatable bonds is 9. The summed E-state index contributed by atoms with van der Waals surface area (Å²) in [5.74, 6) is 0. The van der Waals surface area contributed by atoms with Crippen molar-refractivity contribution in [2.24, 2.45) is 0 Å². The van der Waals surface area contributed by atoms with Crippen LogP contribution in [0.5, 0.6) is 0 Å². The van der Waals surface area contributed by atoms with E-state index in [0.29, 0.717) is 0 Å². The summed E-state index contributed by atoms with van der Waals surface area (Å²) in [7, 11) is 0. The fourth-order valence-electron chi connectivity index (χ4n) is 1.03. The number of aliphatic hydroxyl groups excluding tert-OH is 9. The topological polar surface area (TPSA) is 216 Å². The molecule has 11 heteroatoms. The molecule has 132 valence electrons. The molecule has 0 aliphatic carbocycles. The van der Waals surface area contributed by atoms with Crippen LogP contribution in [0.2, 0.25) is 0 Å². The van der Waals surface area contributed by atoms with E-state index in [9.17, 15) is 9.59 Å². The molecule has 0 aromatic heterocycles. The summed E-state index contributed by atoms with van der Waals surface area (Å²) in [5.41, 5.74) is 0. The van der Waals surface area contributed by atoms with Gasteiger partial charge in [0.05, 0.1) is 13.2 Å². The van der Waals surface area contributed by atoms with Gasteiger partial charge >= 0.3 is 0 Å². The molecule has 0 unspecified atom stereocenters. The molecule has 0 fully saturated rings. The standard InChI is InChI=1S/C6H12O6.C5H10O5/c7-1-3(9)5(11)6(12)4(10)2-8;6-1-3(8)5(10)4(9)2-7/h1,3-6,8-12H,2H2;1,3-5,7-10H,2H2/t3-,4+,5+,6-;3-,4+,5+/m01/s1. The van der Waals surface area contributed by atoms with E-state index in [1.54, 1.807) is 0 Å². The summed E-state index contributed by atoms with van der Waals surface area (Å²) in [6.07, 6.45) is -11.5. The summed E-state index contributed by atoms with van der Waals surface area (Å²) in [6.45, 7) is -1.45. The first-order valence-corrected chi connectivity index (χ1v) is 6.06. The molecule has 0 amide bonds. The van der Waals surface area contributed by atoms with E-state index in [1.807, 2.05) is 0 Å². The largest absolute Gasteiger partial charge is 0.394 e. The van der Waals surface area contributed by atoms with Crippen LogP contribution in [0.15, 0.2) is 0 Å². The molecule has 0 aromatic carbocycles. The Kier molecular flexibility index (Phi) is 13.2. The highest BCUT2D eigenvalue weighted by atomic mass is 16.4. The number of aldehydes is 2. The van der Waals surface area contributed by atoms with Crippen LogP contribution in [0.3, 0.4) is 0 Å². The lowest BCUT2D eigenvalue weighted by Crippen LogP contribution is -2.46. The third-order valence-electron chi connectivity index (χ3n) is 2.49. The molecule has 0 rings (SSSR count). The Morgan fingerprint density at radius 2 is 0.909 bits per heavy atom. The van der Waals surface area contributed by atoms with Crippen LogP contribution in [0, 0.1) is 0 Å². The molecule has 11 nitrogen and oxygen atoms in total. The van der Waals surface area contributed by atoms with Gasteiger partial charge in [-0.3, -0.25) is 0 Å². The Bertz CT molecular complexity index is 300. The molecule has 0 radical (unpaired) electrons. The zero-order valence-electron chi connectivity index (χ0n) is 11.5. The molecule has 0 aromatic rings. The quantitative estimate of drug-likeness (QED) is 0.181. The molecule has 7 atom stereocenters. The third-order valence-corrected chi connectivity index (χ3v) is 2.49. The van der Waals surface area contributed by atoms with Gasteiger partial charge in [-0.1, -0.05) is 0 Å². The minimum Gasteiger partial charge on any atom is -0.394 e. The molecular formula is C11H22O11. The Labute approximate surface area is 125 Å². The normalized spacial score (nSPS) is 20.4. The van der Waals surface area contributed by atoms with Crippen LogP contribution in [-0.4, -0.2) is 114 Å². The monoisotopic (exact) mass is 330 g/mol. The van der Waals surface area contributed by atoms with Crippen molar-refractivity contribution in [1.29, 1.82) is 0 Å². The molecule has 0 saturated heterocycles. The van der Waals surface area contributed by atoms with Crippen LogP contribution < -0.4 is 0 Å². The van der Waals surface area contributed by atoms with Crippen molar-refractivity contribution in [2.75, 3.05) is 13.2 Å². The van der Waals surface area contributed by atoms with Crippen LogP contribution >= 0.6 is 0 Å². The summed E-state index contributed by atoms with van der Waals surface area (Å²) in [6, 6.07) is 0. The van der Waals surface area contributed by atoms with Crippen molar-refractivity contribution in [1.82, 2.24) is 0 Å². The SMILES string of the molecule is O=C[C@@H](O)[C@H](O)[C@@H](O)CO.O=C[C@H](O)[C@@H](O)[C@@H](O)[C@H](O)CO. The number of hydrogen-bond acceptors (Lipinski definition) is 11. The fourth-order valence-corrected chi connectivity index (χ4v) is 1.03. The van der Waals surface area contributed by atoms with Crippen molar-refractivity contribution < 1.29 is 55.5 Å². The summed E-state index contributed by atoms with van der Waals surface area (Å²) in [5, 5.41) is 77.6. The van der Waals surface area contributed by atoms with Gasteiger partial charge in [0, 0.05) is 0 Å². The van der Waals surface area contributed by atoms with Crippen LogP contribution in [-0.2, 0) is 9.59 Å². The Morgan fingerprint density at radius 1 is 0.591 bits per heavy atom. The van der Waals surface area contributed by atoms with Gasteiger partial charge in [0.1, 0.15) is 42.7 Å². The van der Waals surface area contributed by atoms with Crippen molar-refractivity contribution in [3.8, 4) is 0 Å². The van der Waals surface area contributed by atoms with E-state index in [2.05, 4.69) is 0 Å². The minimum absolute atomic E-state index is 0.0258.